The van der Waals surface area contributed by atoms with Gasteiger partial charge in [0, 0.05) is 31.9 Å². The van der Waals surface area contributed by atoms with Crippen LogP contribution in [0.25, 0.3) is 0 Å². The smallest absolute Gasteiger partial charge is 0.412 e. The van der Waals surface area contributed by atoms with Gasteiger partial charge in [0.25, 0.3) is 0 Å². The number of methoxy groups -OCH3 is 1. The molecule has 0 aliphatic carbocycles. The fourth-order valence-corrected chi connectivity index (χ4v) is 2.91. The SMILES string of the molecule is COC(=O)Nc1cc(NC(=O)OC(C)(C)C)cc(N2CCN(C)CC2)c1Cl. The van der Waals surface area contributed by atoms with E-state index >= 15 is 0 Å². The van der Waals surface area contributed by atoms with Gasteiger partial charge in [0.05, 0.1) is 23.5 Å². The Bertz CT molecular complexity index is 697. The average molecular weight is 399 g/mol. The van der Waals surface area contributed by atoms with Gasteiger partial charge in [0.1, 0.15) is 5.60 Å². The molecule has 0 radical (unpaired) electrons. The summed E-state index contributed by atoms with van der Waals surface area (Å²) in [5, 5.41) is 5.67. The van der Waals surface area contributed by atoms with Crippen LogP contribution in [0.5, 0.6) is 0 Å². The Morgan fingerprint density at radius 3 is 2.26 bits per heavy atom. The highest BCUT2D eigenvalue weighted by molar-refractivity contribution is 6.36. The lowest BCUT2D eigenvalue weighted by Crippen LogP contribution is -2.44. The number of nitrogens with one attached hydrogen (secondary N) is 2. The van der Waals surface area contributed by atoms with Gasteiger partial charge in [-0.25, -0.2) is 9.59 Å². The number of benzene rings is 1. The van der Waals surface area contributed by atoms with Crippen LogP contribution in [0.2, 0.25) is 5.02 Å². The van der Waals surface area contributed by atoms with E-state index < -0.39 is 17.8 Å². The fraction of sp³-hybridized carbons (Fsp3) is 0.556. The highest BCUT2D eigenvalue weighted by atomic mass is 35.5. The van der Waals surface area contributed by atoms with Crippen molar-refractivity contribution >= 4 is 40.8 Å². The molecule has 8 nitrogen and oxygen atoms in total. The zero-order valence-electron chi connectivity index (χ0n) is 16.4. The van der Waals surface area contributed by atoms with Crippen LogP contribution in [0, 0.1) is 0 Å². The molecule has 0 atom stereocenters. The zero-order valence-corrected chi connectivity index (χ0v) is 17.1. The number of amides is 2. The maximum Gasteiger partial charge on any atom is 0.412 e. The fourth-order valence-electron chi connectivity index (χ4n) is 2.63. The van der Waals surface area contributed by atoms with Crippen molar-refractivity contribution in [3.8, 4) is 0 Å². The van der Waals surface area contributed by atoms with Crippen LogP contribution in [0.4, 0.5) is 26.7 Å². The van der Waals surface area contributed by atoms with Crippen LogP contribution < -0.4 is 15.5 Å². The summed E-state index contributed by atoms with van der Waals surface area (Å²) in [6, 6.07) is 3.35. The van der Waals surface area contributed by atoms with E-state index in [0.29, 0.717) is 16.4 Å². The molecule has 9 heteroatoms. The summed E-state index contributed by atoms with van der Waals surface area (Å²) in [4.78, 5) is 28.1. The van der Waals surface area contributed by atoms with Crippen LogP contribution in [0.15, 0.2) is 12.1 Å². The number of nitrogens with zero attached hydrogens (tertiary/aromatic N) is 2. The minimum Gasteiger partial charge on any atom is -0.453 e. The first kappa shape index (κ1) is 21.1. The van der Waals surface area contributed by atoms with Crippen molar-refractivity contribution in [2.45, 2.75) is 26.4 Å². The number of carbonyl (C=O) groups excluding carboxylic acids is 2. The highest BCUT2D eigenvalue weighted by Gasteiger charge is 2.22. The van der Waals surface area contributed by atoms with E-state index in [1.807, 2.05) is 0 Å². The molecule has 0 aromatic heterocycles. The molecule has 2 amide bonds. The number of anilines is 3. The maximum atomic E-state index is 12.1. The Balaban J connectivity index is 2.32. The molecule has 2 N–H and O–H groups in total. The van der Waals surface area contributed by atoms with E-state index in [4.69, 9.17) is 16.3 Å². The third-order valence-corrected chi connectivity index (χ3v) is 4.36. The van der Waals surface area contributed by atoms with Crippen LogP contribution >= 0.6 is 11.6 Å². The van der Waals surface area contributed by atoms with Crippen LogP contribution in [0.1, 0.15) is 20.8 Å². The molecule has 1 aromatic rings. The van der Waals surface area contributed by atoms with Crippen molar-refractivity contribution in [3.05, 3.63) is 17.2 Å². The summed E-state index contributed by atoms with van der Waals surface area (Å²) in [6.45, 7) is 8.70. The van der Waals surface area contributed by atoms with Crippen molar-refractivity contribution in [1.82, 2.24) is 4.90 Å². The molecule has 1 aliphatic heterocycles. The lowest BCUT2D eigenvalue weighted by molar-refractivity contribution is 0.0636. The third kappa shape index (κ3) is 6.18. The molecule has 150 valence electrons. The van der Waals surface area contributed by atoms with E-state index in [9.17, 15) is 9.59 Å². The van der Waals surface area contributed by atoms with E-state index in [2.05, 4.69) is 32.2 Å². The molecule has 0 saturated carbocycles. The number of hydrogen-bond donors (Lipinski definition) is 2. The number of rotatable bonds is 3. The minimum absolute atomic E-state index is 0.353. The highest BCUT2D eigenvalue weighted by Crippen LogP contribution is 2.37. The predicted octanol–water partition coefficient (Wildman–Crippen LogP) is 3.62. The Hall–Kier alpha value is -2.19. The summed E-state index contributed by atoms with van der Waals surface area (Å²) in [5.41, 5.74) is 0.925. The van der Waals surface area contributed by atoms with Crippen LogP contribution in [-0.4, -0.2) is 63.0 Å². The lowest BCUT2D eigenvalue weighted by atomic mass is 10.2. The van der Waals surface area contributed by atoms with E-state index in [1.165, 1.54) is 7.11 Å². The van der Waals surface area contributed by atoms with Crippen molar-refractivity contribution in [3.63, 3.8) is 0 Å². The summed E-state index contributed by atoms with van der Waals surface area (Å²) in [6.07, 6.45) is -1.23. The number of hydrogen-bond acceptors (Lipinski definition) is 6. The summed E-state index contributed by atoms with van der Waals surface area (Å²) < 4.78 is 9.95. The van der Waals surface area contributed by atoms with Gasteiger partial charge in [-0.05, 0) is 40.0 Å². The van der Waals surface area contributed by atoms with Gasteiger partial charge in [-0.1, -0.05) is 11.6 Å². The second-order valence-electron chi connectivity index (χ2n) is 7.39. The number of ether oxygens (including phenoxy) is 2. The lowest BCUT2D eigenvalue weighted by Gasteiger charge is -2.35. The first-order chi connectivity index (χ1) is 12.6. The maximum absolute atomic E-state index is 12.1. The molecule has 27 heavy (non-hydrogen) atoms. The van der Waals surface area contributed by atoms with Crippen molar-refractivity contribution in [1.29, 1.82) is 0 Å². The molecule has 0 unspecified atom stereocenters. The average Bonchev–Trinajstić information content (AvgIpc) is 2.56. The van der Waals surface area contributed by atoms with Gasteiger partial charge in [-0.2, -0.15) is 0 Å². The topological polar surface area (TPSA) is 83.1 Å². The van der Waals surface area contributed by atoms with Crippen molar-refractivity contribution in [2.24, 2.45) is 0 Å². The summed E-state index contributed by atoms with van der Waals surface area (Å²) >= 11 is 6.53. The summed E-state index contributed by atoms with van der Waals surface area (Å²) in [5.74, 6) is 0. The van der Waals surface area contributed by atoms with Gasteiger partial charge in [0.15, 0.2) is 0 Å². The molecule has 1 saturated heterocycles. The van der Waals surface area contributed by atoms with Gasteiger partial charge in [-0.3, -0.25) is 10.6 Å². The Kier molecular flexibility index (Phi) is 6.78. The Morgan fingerprint density at radius 1 is 1.07 bits per heavy atom. The third-order valence-electron chi connectivity index (χ3n) is 3.96. The Morgan fingerprint density at radius 2 is 1.70 bits per heavy atom. The standard InChI is InChI=1S/C18H27ClN4O4/c1-18(2,3)27-17(25)20-12-10-13(21-16(24)26-5)15(19)14(11-12)23-8-6-22(4)7-9-23/h10-11H,6-9H2,1-5H3,(H,20,25)(H,21,24). The van der Waals surface area contributed by atoms with Crippen LogP contribution in [-0.2, 0) is 9.47 Å². The first-order valence-corrected chi connectivity index (χ1v) is 9.09. The summed E-state index contributed by atoms with van der Waals surface area (Å²) in [7, 11) is 3.33. The monoisotopic (exact) mass is 398 g/mol. The predicted molar refractivity (Wildman–Crippen MR) is 107 cm³/mol. The molecule has 1 aromatic carbocycles. The zero-order chi connectivity index (χ0) is 20.2. The first-order valence-electron chi connectivity index (χ1n) is 8.71. The molecule has 1 aliphatic rings. The van der Waals surface area contributed by atoms with Gasteiger partial charge in [-0.15, -0.1) is 0 Å². The quantitative estimate of drug-likeness (QED) is 0.809. The van der Waals surface area contributed by atoms with Crippen LogP contribution in [0.3, 0.4) is 0 Å². The molecule has 0 bridgehead atoms. The van der Waals surface area contributed by atoms with Gasteiger partial charge >= 0.3 is 12.2 Å². The normalized spacial score (nSPS) is 15.3. The van der Waals surface area contributed by atoms with Gasteiger partial charge < -0.3 is 19.3 Å². The van der Waals surface area contributed by atoms with Gasteiger partial charge in [0.2, 0.25) is 0 Å². The molecular weight excluding hydrogens is 372 g/mol. The molecule has 0 spiro atoms. The second-order valence-corrected chi connectivity index (χ2v) is 7.77. The van der Waals surface area contributed by atoms with E-state index in [-0.39, 0.29) is 0 Å². The molecule has 2 rings (SSSR count). The van der Waals surface area contributed by atoms with E-state index in [0.717, 1.165) is 31.9 Å². The van der Waals surface area contributed by atoms with Crippen molar-refractivity contribution in [2.75, 3.05) is 55.9 Å². The molecule has 1 fully saturated rings. The Labute approximate surface area is 164 Å². The number of likely N-dealkylation sites (N-methyl/N-ethyl adjacent to an activating group) is 1. The second kappa shape index (κ2) is 8.67. The number of halogens is 1. The largest absolute Gasteiger partial charge is 0.453 e. The number of piperazine rings is 1. The number of carbonyl (C=O) groups is 2. The molecule has 1 heterocycles. The van der Waals surface area contributed by atoms with Crippen molar-refractivity contribution < 1.29 is 19.1 Å². The molecular formula is C18H27ClN4O4. The van der Waals surface area contributed by atoms with E-state index in [1.54, 1.807) is 32.9 Å². The minimum atomic E-state index is -0.643.